The van der Waals surface area contributed by atoms with Crippen LogP contribution in [0.25, 0.3) is 11.1 Å². The summed E-state index contributed by atoms with van der Waals surface area (Å²) in [5.41, 5.74) is 2.80. The van der Waals surface area contributed by atoms with E-state index in [0.717, 1.165) is 23.2 Å². The first kappa shape index (κ1) is 13.5. The van der Waals surface area contributed by atoms with Crippen molar-refractivity contribution in [1.29, 1.82) is 0 Å². The Morgan fingerprint density at radius 1 is 1.26 bits per heavy atom. The van der Waals surface area contributed by atoms with Gasteiger partial charge in [0, 0.05) is 18.3 Å². The van der Waals surface area contributed by atoms with Crippen LogP contribution in [0.3, 0.4) is 0 Å². The molecule has 0 aliphatic heterocycles. The summed E-state index contributed by atoms with van der Waals surface area (Å²) in [5, 5.41) is 3.21. The molecule has 0 aliphatic rings. The van der Waals surface area contributed by atoms with Crippen LogP contribution in [0.15, 0.2) is 36.7 Å². The second-order valence-electron chi connectivity index (χ2n) is 4.20. The van der Waals surface area contributed by atoms with E-state index in [-0.39, 0.29) is 5.82 Å². The van der Waals surface area contributed by atoms with Gasteiger partial charge in [-0.3, -0.25) is 4.98 Å². The topological polar surface area (TPSA) is 34.2 Å². The van der Waals surface area contributed by atoms with Gasteiger partial charge in [0.15, 0.2) is 0 Å². The number of nitrogens with zero attached hydrogens (tertiary/aromatic N) is 1. The lowest BCUT2D eigenvalue weighted by atomic mass is 10.0. The molecule has 0 aliphatic carbocycles. The summed E-state index contributed by atoms with van der Waals surface area (Å²) in [5.74, 6) is 0.462. The Morgan fingerprint density at radius 3 is 2.84 bits per heavy atom. The van der Waals surface area contributed by atoms with Crippen LogP contribution in [0.2, 0.25) is 0 Å². The van der Waals surface area contributed by atoms with Crippen LogP contribution in [0.1, 0.15) is 12.5 Å². The highest BCUT2D eigenvalue weighted by atomic mass is 19.1. The van der Waals surface area contributed by atoms with E-state index in [2.05, 4.69) is 10.3 Å². The van der Waals surface area contributed by atoms with Gasteiger partial charge in [-0.25, -0.2) is 4.39 Å². The fraction of sp³-hybridized carbons (Fsp3) is 0.267. The maximum atomic E-state index is 13.4. The van der Waals surface area contributed by atoms with E-state index in [1.54, 1.807) is 31.6 Å². The summed E-state index contributed by atoms with van der Waals surface area (Å²) in [6, 6.07) is 6.69. The molecule has 1 N–H and O–H groups in total. The summed E-state index contributed by atoms with van der Waals surface area (Å²) in [6.07, 6.45) is 3.40. The summed E-state index contributed by atoms with van der Waals surface area (Å²) in [7, 11) is 1.60. The van der Waals surface area contributed by atoms with Crippen LogP contribution in [0.5, 0.6) is 5.75 Å². The molecule has 0 bridgehead atoms. The lowest BCUT2D eigenvalue weighted by Gasteiger charge is -2.11. The Hall–Kier alpha value is -1.94. The Labute approximate surface area is 112 Å². The number of rotatable bonds is 5. The number of hydrogen-bond donors (Lipinski definition) is 1. The third kappa shape index (κ3) is 3.29. The minimum absolute atomic E-state index is 0.229. The van der Waals surface area contributed by atoms with Gasteiger partial charge in [-0.1, -0.05) is 13.0 Å². The predicted molar refractivity (Wildman–Crippen MR) is 73.6 cm³/mol. The van der Waals surface area contributed by atoms with Gasteiger partial charge in [0.1, 0.15) is 11.6 Å². The van der Waals surface area contributed by atoms with Gasteiger partial charge < -0.3 is 10.1 Å². The van der Waals surface area contributed by atoms with E-state index in [1.165, 1.54) is 6.07 Å². The van der Waals surface area contributed by atoms with E-state index >= 15 is 0 Å². The van der Waals surface area contributed by atoms with Crippen molar-refractivity contribution in [2.75, 3.05) is 13.7 Å². The standard InChI is InChI=1S/C15H17FN2O/c1-3-17-8-11-6-13(16)4-5-15(11)12-7-14(19-2)10-18-9-12/h4-7,9-10,17H,3,8H2,1-2H3. The monoisotopic (exact) mass is 260 g/mol. The first-order chi connectivity index (χ1) is 9.24. The molecule has 3 nitrogen and oxygen atoms in total. The average Bonchev–Trinajstić information content (AvgIpc) is 2.45. The van der Waals surface area contributed by atoms with E-state index in [0.29, 0.717) is 12.3 Å². The van der Waals surface area contributed by atoms with Crippen molar-refractivity contribution in [3.63, 3.8) is 0 Å². The zero-order valence-electron chi connectivity index (χ0n) is 11.1. The molecule has 100 valence electrons. The van der Waals surface area contributed by atoms with Crippen LogP contribution >= 0.6 is 0 Å². The van der Waals surface area contributed by atoms with Gasteiger partial charge in [0.05, 0.1) is 13.3 Å². The zero-order chi connectivity index (χ0) is 13.7. The van der Waals surface area contributed by atoms with E-state index in [9.17, 15) is 4.39 Å². The lowest BCUT2D eigenvalue weighted by molar-refractivity contribution is 0.413. The first-order valence-electron chi connectivity index (χ1n) is 6.23. The molecular weight excluding hydrogens is 243 g/mol. The highest BCUT2D eigenvalue weighted by molar-refractivity contribution is 5.67. The van der Waals surface area contributed by atoms with Crippen molar-refractivity contribution < 1.29 is 9.13 Å². The molecule has 1 heterocycles. The van der Waals surface area contributed by atoms with Crippen molar-refractivity contribution >= 4 is 0 Å². The Balaban J connectivity index is 2.41. The molecule has 0 saturated heterocycles. The number of nitrogens with one attached hydrogen (secondary N) is 1. The molecule has 19 heavy (non-hydrogen) atoms. The predicted octanol–water partition coefficient (Wildman–Crippen LogP) is 3.01. The average molecular weight is 260 g/mol. The van der Waals surface area contributed by atoms with Crippen LogP contribution in [0, 0.1) is 5.82 Å². The van der Waals surface area contributed by atoms with E-state index in [4.69, 9.17) is 4.74 Å². The maximum absolute atomic E-state index is 13.4. The molecule has 1 aromatic heterocycles. The van der Waals surface area contributed by atoms with Crippen molar-refractivity contribution in [2.24, 2.45) is 0 Å². The first-order valence-corrected chi connectivity index (χ1v) is 6.23. The molecule has 0 saturated carbocycles. The summed E-state index contributed by atoms with van der Waals surface area (Å²) in [6.45, 7) is 3.49. The number of pyridine rings is 1. The van der Waals surface area contributed by atoms with Crippen LogP contribution in [0.4, 0.5) is 4.39 Å². The molecule has 2 aromatic rings. The SMILES string of the molecule is CCNCc1cc(F)ccc1-c1cncc(OC)c1. The second kappa shape index (κ2) is 6.29. The van der Waals surface area contributed by atoms with Gasteiger partial charge in [-0.2, -0.15) is 0 Å². The third-order valence-electron chi connectivity index (χ3n) is 2.89. The smallest absolute Gasteiger partial charge is 0.137 e. The van der Waals surface area contributed by atoms with Gasteiger partial charge in [-0.05, 0) is 35.9 Å². The van der Waals surface area contributed by atoms with E-state index in [1.807, 2.05) is 13.0 Å². The van der Waals surface area contributed by atoms with Crippen LogP contribution < -0.4 is 10.1 Å². The quantitative estimate of drug-likeness (QED) is 0.897. The van der Waals surface area contributed by atoms with Crippen molar-refractivity contribution in [1.82, 2.24) is 10.3 Å². The van der Waals surface area contributed by atoms with Crippen LogP contribution in [-0.4, -0.2) is 18.6 Å². The molecule has 0 unspecified atom stereocenters. The maximum Gasteiger partial charge on any atom is 0.137 e. The molecule has 0 atom stereocenters. The van der Waals surface area contributed by atoms with E-state index < -0.39 is 0 Å². The molecule has 0 amide bonds. The van der Waals surface area contributed by atoms with Gasteiger partial charge in [0.2, 0.25) is 0 Å². The minimum atomic E-state index is -0.229. The highest BCUT2D eigenvalue weighted by Gasteiger charge is 2.07. The molecule has 1 aromatic carbocycles. The fourth-order valence-corrected chi connectivity index (χ4v) is 1.93. The molecule has 0 fully saturated rings. The third-order valence-corrected chi connectivity index (χ3v) is 2.89. The number of ether oxygens (including phenoxy) is 1. The highest BCUT2D eigenvalue weighted by Crippen LogP contribution is 2.26. The number of halogens is 1. The molecule has 4 heteroatoms. The number of benzene rings is 1. The van der Waals surface area contributed by atoms with Gasteiger partial charge >= 0.3 is 0 Å². The molecule has 2 rings (SSSR count). The fourth-order valence-electron chi connectivity index (χ4n) is 1.93. The normalized spacial score (nSPS) is 10.5. The van der Waals surface area contributed by atoms with Crippen LogP contribution in [-0.2, 0) is 6.54 Å². The number of hydrogen-bond acceptors (Lipinski definition) is 3. The lowest BCUT2D eigenvalue weighted by Crippen LogP contribution is -2.12. The number of methoxy groups -OCH3 is 1. The van der Waals surface area contributed by atoms with Crippen molar-refractivity contribution in [3.05, 3.63) is 48.0 Å². The Kier molecular flexibility index (Phi) is 4.47. The van der Waals surface area contributed by atoms with Gasteiger partial charge in [0.25, 0.3) is 0 Å². The summed E-state index contributed by atoms with van der Waals surface area (Å²) < 4.78 is 18.5. The van der Waals surface area contributed by atoms with Gasteiger partial charge in [-0.15, -0.1) is 0 Å². The van der Waals surface area contributed by atoms with Crippen molar-refractivity contribution in [3.8, 4) is 16.9 Å². The summed E-state index contributed by atoms with van der Waals surface area (Å²) >= 11 is 0. The molecular formula is C15H17FN2O. The molecule has 0 spiro atoms. The largest absolute Gasteiger partial charge is 0.495 e. The Morgan fingerprint density at radius 2 is 2.11 bits per heavy atom. The Bertz CT molecular complexity index is 558. The minimum Gasteiger partial charge on any atom is -0.495 e. The summed E-state index contributed by atoms with van der Waals surface area (Å²) in [4.78, 5) is 4.14. The number of aromatic nitrogens is 1. The second-order valence-corrected chi connectivity index (χ2v) is 4.20. The van der Waals surface area contributed by atoms with Crippen molar-refractivity contribution in [2.45, 2.75) is 13.5 Å². The molecule has 0 radical (unpaired) electrons. The zero-order valence-corrected chi connectivity index (χ0v) is 11.1.